The maximum Gasteiger partial charge on any atom is 0.251 e. The van der Waals surface area contributed by atoms with E-state index in [1.54, 1.807) is 0 Å². The molecule has 0 aliphatic heterocycles. The van der Waals surface area contributed by atoms with Gasteiger partial charge in [-0.05, 0) is 43.0 Å². The molecule has 0 fully saturated rings. The minimum atomic E-state index is -0.486. The Hall–Kier alpha value is -1.23. The zero-order valence-electron chi connectivity index (χ0n) is 10.5. The van der Waals surface area contributed by atoms with Gasteiger partial charge in [0.1, 0.15) is 5.82 Å². The van der Waals surface area contributed by atoms with Gasteiger partial charge in [-0.1, -0.05) is 6.42 Å². The second-order valence-electron chi connectivity index (χ2n) is 4.08. The van der Waals surface area contributed by atoms with E-state index in [-0.39, 0.29) is 17.2 Å². The number of halogens is 1. The van der Waals surface area contributed by atoms with Gasteiger partial charge in [-0.15, -0.1) is 0 Å². The molecule has 0 spiro atoms. The van der Waals surface area contributed by atoms with Crippen LogP contribution in [0.25, 0.3) is 0 Å². The Bertz CT molecular complexity index is 378. The molecule has 0 saturated heterocycles. The molecule has 18 heavy (non-hydrogen) atoms. The van der Waals surface area contributed by atoms with Crippen LogP contribution in [0.15, 0.2) is 18.2 Å². The molecule has 0 saturated carbocycles. The average Bonchev–Trinajstić information content (AvgIpc) is 2.32. The Morgan fingerprint density at radius 2 is 2.11 bits per heavy atom. The van der Waals surface area contributed by atoms with Gasteiger partial charge in [-0.3, -0.25) is 4.79 Å². The molecule has 3 N–H and O–H groups in total. The molecule has 1 aromatic rings. The van der Waals surface area contributed by atoms with Crippen molar-refractivity contribution < 1.29 is 9.18 Å². The summed E-state index contributed by atoms with van der Waals surface area (Å²) in [7, 11) is 0. The molecule has 0 aliphatic carbocycles. The number of hydrogen-bond donors (Lipinski definition) is 2. The highest BCUT2D eigenvalue weighted by Crippen LogP contribution is 2.10. The zero-order chi connectivity index (χ0) is 13.4. The third kappa shape index (κ3) is 5.40. The second-order valence-corrected chi connectivity index (χ2v) is 5.07. The van der Waals surface area contributed by atoms with Gasteiger partial charge in [-0.2, -0.15) is 11.8 Å². The van der Waals surface area contributed by atoms with Gasteiger partial charge in [-0.25, -0.2) is 4.39 Å². The SMILES string of the molecule is CSCCCCCNC(=O)c1cc(N)cc(F)c1. The van der Waals surface area contributed by atoms with E-state index in [0.717, 1.165) is 25.0 Å². The first-order valence-corrected chi connectivity index (χ1v) is 7.36. The third-order valence-electron chi connectivity index (χ3n) is 2.49. The van der Waals surface area contributed by atoms with E-state index in [1.807, 2.05) is 11.8 Å². The molecule has 1 rings (SSSR count). The van der Waals surface area contributed by atoms with Crippen LogP contribution in [-0.2, 0) is 0 Å². The first-order valence-electron chi connectivity index (χ1n) is 5.96. The molecule has 1 aromatic carbocycles. The van der Waals surface area contributed by atoms with E-state index in [4.69, 9.17) is 5.73 Å². The Labute approximate surface area is 111 Å². The molecule has 0 unspecified atom stereocenters. The fourth-order valence-electron chi connectivity index (χ4n) is 1.60. The molecule has 0 radical (unpaired) electrons. The molecular formula is C13H19FN2OS. The van der Waals surface area contributed by atoms with Crippen LogP contribution in [0.4, 0.5) is 10.1 Å². The van der Waals surface area contributed by atoms with Gasteiger partial charge >= 0.3 is 0 Å². The number of anilines is 1. The van der Waals surface area contributed by atoms with Crippen LogP contribution >= 0.6 is 11.8 Å². The van der Waals surface area contributed by atoms with Crippen molar-refractivity contribution in [2.75, 3.05) is 24.3 Å². The number of unbranched alkanes of at least 4 members (excludes halogenated alkanes) is 2. The summed E-state index contributed by atoms with van der Waals surface area (Å²) in [4.78, 5) is 11.7. The van der Waals surface area contributed by atoms with Crippen molar-refractivity contribution in [3.63, 3.8) is 0 Å². The molecule has 100 valence electrons. The van der Waals surface area contributed by atoms with Crippen molar-refractivity contribution in [1.82, 2.24) is 5.32 Å². The normalized spacial score (nSPS) is 10.3. The van der Waals surface area contributed by atoms with Crippen LogP contribution in [0.5, 0.6) is 0 Å². The number of amides is 1. The van der Waals surface area contributed by atoms with Gasteiger partial charge in [0.2, 0.25) is 0 Å². The van der Waals surface area contributed by atoms with E-state index < -0.39 is 5.82 Å². The molecule has 0 atom stereocenters. The second kappa shape index (κ2) is 7.97. The minimum absolute atomic E-state index is 0.264. The molecular weight excluding hydrogens is 251 g/mol. The molecule has 0 heterocycles. The number of rotatable bonds is 7. The molecule has 1 amide bonds. The monoisotopic (exact) mass is 270 g/mol. The Morgan fingerprint density at radius 3 is 2.78 bits per heavy atom. The van der Waals surface area contributed by atoms with Crippen molar-refractivity contribution in [1.29, 1.82) is 0 Å². The number of benzene rings is 1. The lowest BCUT2D eigenvalue weighted by Gasteiger charge is -2.06. The third-order valence-corrected chi connectivity index (χ3v) is 3.19. The number of nitrogen functional groups attached to an aromatic ring is 1. The number of thioether (sulfide) groups is 1. The van der Waals surface area contributed by atoms with Gasteiger partial charge in [0.25, 0.3) is 5.91 Å². The summed E-state index contributed by atoms with van der Waals surface area (Å²) in [6, 6.07) is 3.87. The van der Waals surface area contributed by atoms with Crippen LogP contribution in [0.2, 0.25) is 0 Å². The van der Waals surface area contributed by atoms with Crippen molar-refractivity contribution in [3.05, 3.63) is 29.6 Å². The number of nitrogens with one attached hydrogen (secondary N) is 1. The van der Waals surface area contributed by atoms with Crippen molar-refractivity contribution in [3.8, 4) is 0 Å². The lowest BCUT2D eigenvalue weighted by molar-refractivity contribution is 0.0952. The zero-order valence-corrected chi connectivity index (χ0v) is 11.4. The number of hydrogen-bond acceptors (Lipinski definition) is 3. The first-order chi connectivity index (χ1) is 8.63. The summed E-state index contributed by atoms with van der Waals surface area (Å²) in [5, 5.41) is 2.76. The van der Waals surface area contributed by atoms with Gasteiger partial charge in [0, 0.05) is 17.8 Å². The van der Waals surface area contributed by atoms with Crippen molar-refractivity contribution in [2.45, 2.75) is 19.3 Å². The lowest BCUT2D eigenvalue weighted by Crippen LogP contribution is -2.24. The Kier molecular flexibility index (Phi) is 6.57. The van der Waals surface area contributed by atoms with E-state index in [9.17, 15) is 9.18 Å². The van der Waals surface area contributed by atoms with Crippen LogP contribution in [0.3, 0.4) is 0 Å². The smallest absolute Gasteiger partial charge is 0.251 e. The number of carbonyl (C=O) groups excluding carboxylic acids is 1. The average molecular weight is 270 g/mol. The summed E-state index contributed by atoms with van der Waals surface area (Å²) < 4.78 is 13.1. The summed E-state index contributed by atoms with van der Waals surface area (Å²) in [6.45, 7) is 0.615. The number of nitrogens with two attached hydrogens (primary N) is 1. The fourth-order valence-corrected chi connectivity index (χ4v) is 2.09. The molecule has 0 aliphatic rings. The summed E-state index contributed by atoms with van der Waals surface area (Å²) >= 11 is 1.82. The highest BCUT2D eigenvalue weighted by molar-refractivity contribution is 7.98. The van der Waals surface area contributed by atoms with Gasteiger partial charge in [0.05, 0.1) is 0 Å². The number of carbonyl (C=O) groups is 1. The highest BCUT2D eigenvalue weighted by Gasteiger charge is 2.07. The standard InChI is InChI=1S/C13H19FN2OS/c1-18-6-4-2-3-5-16-13(17)10-7-11(14)9-12(15)8-10/h7-9H,2-6,15H2,1H3,(H,16,17). The molecule has 0 aromatic heterocycles. The largest absolute Gasteiger partial charge is 0.399 e. The van der Waals surface area contributed by atoms with E-state index in [0.29, 0.717) is 6.54 Å². The van der Waals surface area contributed by atoms with Crippen LogP contribution in [0, 0.1) is 5.82 Å². The maximum absolute atomic E-state index is 13.1. The van der Waals surface area contributed by atoms with Gasteiger partial charge < -0.3 is 11.1 Å². The quantitative estimate of drug-likeness (QED) is 0.591. The van der Waals surface area contributed by atoms with Crippen molar-refractivity contribution in [2.24, 2.45) is 0 Å². The van der Waals surface area contributed by atoms with Gasteiger partial charge in [0.15, 0.2) is 0 Å². The summed E-state index contributed by atoms with van der Waals surface area (Å²) in [5.74, 6) is 0.389. The minimum Gasteiger partial charge on any atom is -0.399 e. The van der Waals surface area contributed by atoms with E-state index >= 15 is 0 Å². The van der Waals surface area contributed by atoms with E-state index in [2.05, 4.69) is 11.6 Å². The lowest BCUT2D eigenvalue weighted by atomic mass is 10.2. The van der Waals surface area contributed by atoms with Crippen molar-refractivity contribution >= 4 is 23.4 Å². The maximum atomic E-state index is 13.1. The Morgan fingerprint density at radius 1 is 1.33 bits per heavy atom. The summed E-state index contributed by atoms with van der Waals surface area (Å²) in [6.07, 6.45) is 5.27. The Balaban J connectivity index is 2.32. The summed E-state index contributed by atoms with van der Waals surface area (Å²) in [5.41, 5.74) is 6.02. The molecule has 5 heteroatoms. The van der Waals surface area contributed by atoms with Crippen LogP contribution < -0.4 is 11.1 Å². The van der Waals surface area contributed by atoms with E-state index in [1.165, 1.54) is 18.2 Å². The predicted molar refractivity (Wildman–Crippen MR) is 75.4 cm³/mol. The topological polar surface area (TPSA) is 55.1 Å². The van der Waals surface area contributed by atoms with Crippen LogP contribution in [0.1, 0.15) is 29.6 Å². The first kappa shape index (κ1) is 14.8. The highest BCUT2D eigenvalue weighted by atomic mass is 32.2. The molecule has 0 bridgehead atoms. The fraction of sp³-hybridized carbons (Fsp3) is 0.462. The predicted octanol–water partition coefficient (Wildman–Crippen LogP) is 2.67. The van der Waals surface area contributed by atoms with Crippen LogP contribution in [-0.4, -0.2) is 24.5 Å². The molecule has 3 nitrogen and oxygen atoms in total.